The Labute approximate surface area is 159 Å². The molecule has 138 valence electrons. The number of aliphatic imine (C=N–C) groups is 1. The number of guanidine groups is 1. The molecule has 0 unspecified atom stereocenters. The van der Waals surface area contributed by atoms with E-state index in [0.29, 0.717) is 12.5 Å². The summed E-state index contributed by atoms with van der Waals surface area (Å²) >= 11 is 0. The third-order valence-corrected chi connectivity index (χ3v) is 4.99. The second-order valence-corrected chi connectivity index (χ2v) is 7.00. The Morgan fingerprint density at radius 1 is 1.07 bits per heavy atom. The third kappa shape index (κ3) is 4.37. The summed E-state index contributed by atoms with van der Waals surface area (Å²) in [6, 6.07) is 16.7. The highest BCUT2D eigenvalue weighted by molar-refractivity contribution is 5.93. The van der Waals surface area contributed by atoms with E-state index in [9.17, 15) is 0 Å². The quantitative estimate of drug-likeness (QED) is 0.539. The first kappa shape index (κ1) is 17.3. The van der Waals surface area contributed by atoms with Crippen molar-refractivity contribution in [1.82, 2.24) is 9.78 Å². The number of nitrogens with two attached hydrogens (primary N) is 1. The van der Waals surface area contributed by atoms with E-state index in [-0.39, 0.29) is 0 Å². The van der Waals surface area contributed by atoms with Crippen LogP contribution in [-0.2, 0) is 25.9 Å². The first-order chi connectivity index (χ1) is 13.3. The van der Waals surface area contributed by atoms with Crippen LogP contribution in [0.2, 0.25) is 0 Å². The summed E-state index contributed by atoms with van der Waals surface area (Å²) in [6.45, 7) is 1.31. The number of benzene rings is 2. The molecule has 1 aliphatic rings. The molecule has 3 aromatic rings. The predicted molar refractivity (Wildman–Crippen MR) is 110 cm³/mol. The van der Waals surface area contributed by atoms with Gasteiger partial charge in [0.2, 0.25) is 0 Å². The number of hydrogen-bond donors (Lipinski definition) is 2. The molecule has 2 aromatic carbocycles. The lowest BCUT2D eigenvalue weighted by atomic mass is 9.90. The van der Waals surface area contributed by atoms with E-state index < -0.39 is 0 Å². The Hall–Kier alpha value is -3.08. The second-order valence-electron chi connectivity index (χ2n) is 7.00. The highest BCUT2D eigenvalue weighted by atomic mass is 15.3. The van der Waals surface area contributed by atoms with Crippen LogP contribution in [0.15, 0.2) is 65.9 Å². The van der Waals surface area contributed by atoms with Crippen LogP contribution >= 0.6 is 0 Å². The smallest absolute Gasteiger partial charge is 0.193 e. The van der Waals surface area contributed by atoms with Crippen molar-refractivity contribution in [1.29, 1.82) is 0 Å². The van der Waals surface area contributed by atoms with Crippen molar-refractivity contribution < 1.29 is 0 Å². The number of hydrogen-bond acceptors (Lipinski definition) is 2. The van der Waals surface area contributed by atoms with Gasteiger partial charge in [0.1, 0.15) is 0 Å². The molecule has 5 heteroatoms. The van der Waals surface area contributed by atoms with Gasteiger partial charge in [-0.1, -0.05) is 36.4 Å². The van der Waals surface area contributed by atoms with Crippen molar-refractivity contribution >= 4 is 11.6 Å². The van der Waals surface area contributed by atoms with Crippen molar-refractivity contribution in [3.05, 3.63) is 83.2 Å². The van der Waals surface area contributed by atoms with Gasteiger partial charge in [0.15, 0.2) is 5.96 Å². The lowest BCUT2D eigenvalue weighted by molar-refractivity contribution is 0.686. The standard InChI is InChI=1S/C22H25N5/c23-22(26-21-11-4-9-19-8-1-2-10-20(19)21)24-15-17-6-3-7-18(14-17)16-27-13-5-12-25-27/h3-7,9,11-14H,1-2,8,10,15-16H2,(H3,23,24,26). The minimum Gasteiger partial charge on any atom is -0.370 e. The van der Waals surface area contributed by atoms with E-state index in [0.717, 1.165) is 30.6 Å². The summed E-state index contributed by atoms with van der Waals surface area (Å²) in [5.41, 5.74) is 12.4. The maximum absolute atomic E-state index is 6.16. The molecule has 0 aliphatic heterocycles. The van der Waals surface area contributed by atoms with Crippen LogP contribution in [0, 0.1) is 0 Å². The Morgan fingerprint density at radius 3 is 2.81 bits per heavy atom. The zero-order valence-corrected chi connectivity index (χ0v) is 15.4. The number of nitrogens with zero attached hydrogens (tertiary/aromatic N) is 3. The van der Waals surface area contributed by atoms with Gasteiger partial charge in [-0.15, -0.1) is 0 Å². The van der Waals surface area contributed by atoms with Gasteiger partial charge in [0.05, 0.1) is 13.1 Å². The molecule has 0 saturated carbocycles. The molecule has 1 aromatic heterocycles. The number of aryl methyl sites for hydroxylation is 1. The van der Waals surface area contributed by atoms with Crippen LogP contribution < -0.4 is 11.1 Å². The van der Waals surface area contributed by atoms with Gasteiger partial charge in [-0.2, -0.15) is 5.10 Å². The molecule has 0 fully saturated rings. The normalized spacial score (nSPS) is 14.0. The molecule has 27 heavy (non-hydrogen) atoms. The summed E-state index contributed by atoms with van der Waals surface area (Å²) in [5.74, 6) is 0.464. The van der Waals surface area contributed by atoms with Gasteiger partial charge in [0, 0.05) is 18.1 Å². The van der Waals surface area contributed by atoms with Gasteiger partial charge >= 0.3 is 0 Å². The van der Waals surface area contributed by atoms with Gasteiger partial charge < -0.3 is 11.1 Å². The number of rotatable bonds is 5. The molecule has 0 saturated heterocycles. The summed E-state index contributed by atoms with van der Waals surface area (Å²) in [6.07, 6.45) is 8.54. The zero-order chi connectivity index (χ0) is 18.5. The second kappa shape index (κ2) is 8.08. The topological polar surface area (TPSA) is 68.2 Å². The minimum absolute atomic E-state index is 0.464. The van der Waals surface area contributed by atoms with Gasteiger partial charge in [-0.25, -0.2) is 4.99 Å². The average molecular weight is 359 g/mol. The molecule has 5 nitrogen and oxygen atoms in total. The zero-order valence-electron chi connectivity index (χ0n) is 15.4. The largest absolute Gasteiger partial charge is 0.370 e. The van der Waals surface area contributed by atoms with E-state index >= 15 is 0 Å². The van der Waals surface area contributed by atoms with E-state index in [1.807, 2.05) is 16.9 Å². The molecule has 0 bridgehead atoms. The molecule has 0 atom stereocenters. The number of fused-ring (bicyclic) bond motifs is 1. The van der Waals surface area contributed by atoms with Gasteiger partial charge in [-0.3, -0.25) is 4.68 Å². The van der Waals surface area contributed by atoms with Crippen LogP contribution in [0.3, 0.4) is 0 Å². The van der Waals surface area contributed by atoms with E-state index in [1.54, 1.807) is 6.20 Å². The lowest BCUT2D eigenvalue weighted by Crippen LogP contribution is -2.24. The summed E-state index contributed by atoms with van der Waals surface area (Å²) in [7, 11) is 0. The third-order valence-electron chi connectivity index (χ3n) is 4.99. The lowest BCUT2D eigenvalue weighted by Gasteiger charge is -2.19. The van der Waals surface area contributed by atoms with E-state index in [1.165, 1.54) is 29.5 Å². The Balaban J connectivity index is 1.42. The molecular weight excluding hydrogens is 334 g/mol. The Bertz CT molecular complexity index is 928. The maximum Gasteiger partial charge on any atom is 0.193 e. The van der Waals surface area contributed by atoms with Crippen molar-refractivity contribution in [2.75, 3.05) is 5.32 Å². The molecular formula is C22H25N5. The fourth-order valence-corrected chi connectivity index (χ4v) is 3.66. The predicted octanol–water partition coefficient (Wildman–Crippen LogP) is 3.74. The van der Waals surface area contributed by atoms with E-state index in [2.05, 4.69) is 57.9 Å². The van der Waals surface area contributed by atoms with Crippen molar-refractivity contribution in [2.45, 2.75) is 38.8 Å². The first-order valence-corrected chi connectivity index (χ1v) is 9.51. The average Bonchev–Trinajstić information content (AvgIpc) is 3.20. The van der Waals surface area contributed by atoms with E-state index in [4.69, 9.17) is 5.73 Å². The van der Waals surface area contributed by atoms with Gasteiger partial charge in [-0.05, 0) is 60.1 Å². The summed E-state index contributed by atoms with van der Waals surface area (Å²) < 4.78 is 1.91. The van der Waals surface area contributed by atoms with Crippen LogP contribution in [0.4, 0.5) is 5.69 Å². The fraction of sp³-hybridized carbons (Fsp3) is 0.273. The highest BCUT2D eigenvalue weighted by Crippen LogP contribution is 2.27. The monoisotopic (exact) mass is 359 g/mol. The van der Waals surface area contributed by atoms with Gasteiger partial charge in [0.25, 0.3) is 0 Å². The van der Waals surface area contributed by atoms with Crippen LogP contribution in [-0.4, -0.2) is 15.7 Å². The Kier molecular flexibility index (Phi) is 5.19. The number of anilines is 1. The Morgan fingerprint density at radius 2 is 1.93 bits per heavy atom. The highest BCUT2D eigenvalue weighted by Gasteiger charge is 2.13. The molecule has 0 radical (unpaired) electrons. The van der Waals surface area contributed by atoms with Crippen LogP contribution in [0.1, 0.15) is 35.1 Å². The van der Waals surface area contributed by atoms with Crippen molar-refractivity contribution in [2.24, 2.45) is 10.7 Å². The molecule has 3 N–H and O–H groups in total. The van der Waals surface area contributed by atoms with Crippen molar-refractivity contribution in [3.8, 4) is 0 Å². The number of nitrogens with one attached hydrogen (secondary N) is 1. The molecule has 1 heterocycles. The SMILES string of the molecule is NC(=NCc1cccc(Cn2cccn2)c1)Nc1cccc2c1CCCC2. The first-order valence-electron chi connectivity index (χ1n) is 9.51. The molecule has 1 aliphatic carbocycles. The number of aromatic nitrogens is 2. The van der Waals surface area contributed by atoms with Crippen LogP contribution in [0.5, 0.6) is 0 Å². The van der Waals surface area contributed by atoms with Crippen molar-refractivity contribution in [3.63, 3.8) is 0 Å². The van der Waals surface area contributed by atoms with Crippen LogP contribution in [0.25, 0.3) is 0 Å². The summed E-state index contributed by atoms with van der Waals surface area (Å²) in [5, 5.41) is 7.56. The maximum atomic E-state index is 6.16. The fourth-order valence-electron chi connectivity index (χ4n) is 3.66. The minimum atomic E-state index is 0.464. The molecule has 0 spiro atoms. The summed E-state index contributed by atoms with van der Waals surface area (Å²) in [4.78, 5) is 4.54. The molecule has 0 amide bonds. The molecule has 4 rings (SSSR count).